The van der Waals surface area contributed by atoms with Crippen LogP contribution in [0.5, 0.6) is 0 Å². The maximum Gasteiger partial charge on any atom is 0.256 e. The minimum absolute atomic E-state index is 0.00715. The van der Waals surface area contributed by atoms with E-state index in [1.165, 1.54) is 12.1 Å². The van der Waals surface area contributed by atoms with E-state index in [0.717, 1.165) is 22.4 Å². The average Bonchev–Trinajstić information content (AvgIpc) is 3.24. The van der Waals surface area contributed by atoms with Crippen molar-refractivity contribution < 1.29 is 14.0 Å². The van der Waals surface area contributed by atoms with Crippen molar-refractivity contribution in [1.82, 2.24) is 19.7 Å². The Hall–Kier alpha value is -4.33. The zero-order chi connectivity index (χ0) is 23.7. The Balaban J connectivity index is 1.58. The van der Waals surface area contributed by atoms with E-state index in [9.17, 15) is 14.0 Å². The highest BCUT2D eigenvalue weighted by atomic mass is 19.1. The summed E-state index contributed by atoms with van der Waals surface area (Å²) in [4.78, 5) is 30.8. The van der Waals surface area contributed by atoms with Gasteiger partial charge in [-0.1, -0.05) is 18.2 Å². The Bertz CT molecular complexity index is 1370. The molecule has 7 nitrogen and oxygen atoms in total. The SMILES string of the molecule is CC(=O)N1CCn2nc(-c3ccc(F)cc3)c(-c3ccnc(NC(=O)c4ccccc4)c3)c2C1. The molecule has 8 heteroatoms. The fourth-order valence-corrected chi connectivity index (χ4v) is 4.13. The number of pyridine rings is 1. The number of hydrogen-bond donors (Lipinski definition) is 1. The third kappa shape index (κ3) is 4.17. The molecule has 34 heavy (non-hydrogen) atoms. The molecule has 0 fully saturated rings. The predicted octanol–water partition coefficient (Wildman–Crippen LogP) is 4.37. The van der Waals surface area contributed by atoms with Crippen molar-refractivity contribution in [3.8, 4) is 22.4 Å². The van der Waals surface area contributed by atoms with Crippen LogP contribution in [0.25, 0.3) is 22.4 Å². The molecular formula is C26H22FN5O2. The van der Waals surface area contributed by atoms with Crippen LogP contribution in [0.15, 0.2) is 72.9 Å². The van der Waals surface area contributed by atoms with Crippen LogP contribution in [0.1, 0.15) is 23.0 Å². The van der Waals surface area contributed by atoms with Gasteiger partial charge in [-0.3, -0.25) is 14.3 Å². The molecule has 0 aliphatic carbocycles. The van der Waals surface area contributed by atoms with Crippen molar-refractivity contribution in [2.75, 3.05) is 11.9 Å². The van der Waals surface area contributed by atoms with Crippen LogP contribution in [0.4, 0.5) is 10.2 Å². The lowest BCUT2D eigenvalue weighted by molar-refractivity contribution is -0.130. The lowest BCUT2D eigenvalue weighted by Crippen LogP contribution is -2.37. The second-order valence-corrected chi connectivity index (χ2v) is 8.09. The molecule has 0 saturated carbocycles. The first-order valence-electron chi connectivity index (χ1n) is 10.9. The first-order valence-corrected chi connectivity index (χ1v) is 10.9. The van der Waals surface area contributed by atoms with Gasteiger partial charge in [0.15, 0.2) is 0 Å². The number of benzene rings is 2. The topological polar surface area (TPSA) is 80.1 Å². The summed E-state index contributed by atoms with van der Waals surface area (Å²) >= 11 is 0. The molecule has 3 heterocycles. The van der Waals surface area contributed by atoms with Gasteiger partial charge in [0.1, 0.15) is 17.3 Å². The molecule has 1 aliphatic heterocycles. The molecule has 0 bridgehead atoms. The number of aromatic nitrogens is 3. The van der Waals surface area contributed by atoms with Crippen molar-refractivity contribution in [2.24, 2.45) is 0 Å². The number of carbonyl (C=O) groups excluding carboxylic acids is 2. The third-order valence-electron chi connectivity index (χ3n) is 5.87. The van der Waals surface area contributed by atoms with Crippen LogP contribution in [-0.4, -0.2) is 38.0 Å². The Morgan fingerprint density at radius 2 is 1.74 bits per heavy atom. The summed E-state index contributed by atoms with van der Waals surface area (Å²) in [6, 6.07) is 18.7. The zero-order valence-electron chi connectivity index (χ0n) is 18.5. The molecule has 1 N–H and O–H groups in total. The lowest BCUT2D eigenvalue weighted by Gasteiger charge is -2.27. The van der Waals surface area contributed by atoms with Crippen molar-refractivity contribution in [3.63, 3.8) is 0 Å². The van der Waals surface area contributed by atoms with Crippen molar-refractivity contribution in [1.29, 1.82) is 0 Å². The number of nitrogens with zero attached hydrogens (tertiary/aromatic N) is 4. The first-order chi connectivity index (χ1) is 16.5. The number of carbonyl (C=O) groups is 2. The number of amides is 2. The third-order valence-corrected chi connectivity index (χ3v) is 5.87. The molecule has 4 aromatic rings. The van der Waals surface area contributed by atoms with Crippen LogP contribution in [0, 0.1) is 5.82 Å². The normalized spacial score (nSPS) is 12.8. The monoisotopic (exact) mass is 455 g/mol. The molecular weight excluding hydrogens is 433 g/mol. The summed E-state index contributed by atoms with van der Waals surface area (Å²) in [6.07, 6.45) is 1.63. The average molecular weight is 455 g/mol. The maximum absolute atomic E-state index is 13.6. The van der Waals surface area contributed by atoms with Crippen LogP contribution < -0.4 is 5.32 Å². The summed E-state index contributed by atoms with van der Waals surface area (Å²) < 4.78 is 15.5. The standard InChI is InChI=1S/C26H22FN5O2/c1-17(33)31-13-14-32-22(16-31)24(25(30-32)18-7-9-21(27)10-8-18)20-11-12-28-23(15-20)29-26(34)19-5-3-2-4-6-19/h2-12,15H,13-14,16H2,1H3,(H,28,29,34). The predicted molar refractivity (Wildman–Crippen MR) is 126 cm³/mol. The zero-order valence-corrected chi connectivity index (χ0v) is 18.5. The summed E-state index contributed by atoms with van der Waals surface area (Å²) in [5.41, 5.74) is 4.49. The van der Waals surface area contributed by atoms with Crippen LogP contribution in [-0.2, 0) is 17.9 Å². The van der Waals surface area contributed by atoms with Gasteiger partial charge in [-0.15, -0.1) is 0 Å². The van der Waals surface area contributed by atoms with Gasteiger partial charge in [0.05, 0.1) is 18.8 Å². The van der Waals surface area contributed by atoms with Gasteiger partial charge >= 0.3 is 0 Å². The highest BCUT2D eigenvalue weighted by Crippen LogP contribution is 2.37. The summed E-state index contributed by atoms with van der Waals surface area (Å²) in [6.45, 7) is 3.09. The Morgan fingerprint density at radius 1 is 0.971 bits per heavy atom. The molecule has 0 saturated heterocycles. The number of rotatable bonds is 4. The van der Waals surface area contributed by atoms with Gasteiger partial charge in [0, 0.05) is 36.4 Å². The minimum Gasteiger partial charge on any atom is -0.335 e. The molecule has 0 unspecified atom stereocenters. The number of nitrogens with one attached hydrogen (secondary N) is 1. The molecule has 0 spiro atoms. The lowest BCUT2D eigenvalue weighted by atomic mass is 9.98. The van der Waals surface area contributed by atoms with Crippen LogP contribution in [0.2, 0.25) is 0 Å². The van der Waals surface area contributed by atoms with E-state index in [-0.39, 0.29) is 17.6 Å². The quantitative estimate of drug-likeness (QED) is 0.496. The molecule has 0 radical (unpaired) electrons. The van der Waals surface area contributed by atoms with Gasteiger partial charge in [0.2, 0.25) is 5.91 Å². The van der Waals surface area contributed by atoms with Gasteiger partial charge in [-0.2, -0.15) is 5.10 Å². The van der Waals surface area contributed by atoms with Gasteiger partial charge in [-0.25, -0.2) is 9.37 Å². The van der Waals surface area contributed by atoms with Crippen molar-refractivity contribution in [2.45, 2.75) is 20.0 Å². The number of fused-ring (bicyclic) bond motifs is 1. The van der Waals surface area contributed by atoms with Crippen molar-refractivity contribution >= 4 is 17.6 Å². The molecule has 2 aromatic heterocycles. The molecule has 2 aromatic carbocycles. The van der Waals surface area contributed by atoms with E-state index in [0.29, 0.717) is 36.7 Å². The van der Waals surface area contributed by atoms with E-state index in [1.807, 2.05) is 16.8 Å². The van der Waals surface area contributed by atoms with Gasteiger partial charge in [0.25, 0.3) is 5.91 Å². The summed E-state index contributed by atoms with van der Waals surface area (Å²) in [5, 5.41) is 7.65. The maximum atomic E-state index is 13.6. The highest BCUT2D eigenvalue weighted by molar-refractivity contribution is 6.04. The summed E-state index contributed by atoms with van der Waals surface area (Å²) in [7, 11) is 0. The van der Waals surface area contributed by atoms with Gasteiger partial charge in [-0.05, 0) is 54.1 Å². The molecule has 5 rings (SSSR count). The van der Waals surface area contributed by atoms with E-state index in [4.69, 9.17) is 5.10 Å². The van der Waals surface area contributed by atoms with Crippen LogP contribution in [0.3, 0.4) is 0 Å². The first kappa shape index (κ1) is 21.5. The molecule has 1 aliphatic rings. The Kier molecular flexibility index (Phi) is 5.63. The smallest absolute Gasteiger partial charge is 0.256 e. The molecule has 2 amide bonds. The van der Waals surface area contributed by atoms with E-state index in [1.54, 1.807) is 60.5 Å². The van der Waals surface area contributed by atoms with E-state index in [2.05, 4.69) is 10.3 Å². The second kappa shape index (κ2) is 8.90. The fourth-order valence-electron chi connectivity index (χ4n) is 4.13. The summed E-state index contributed by atoms with van der Waals surface area (Å²) in [5.74, 6) is -0.196. The molecule has 0 atom stereocenters. The van der Waals surface area contributed by atoms with E-state index >= 15 is 0 Å². The largest absolute Gasteiger partial charge is 0.335 e. The number of halogens is 1. The minimum atomic E-state index is -0.327. The van der Waals surface area contributed by atoms with E-state index < -0.39 is 0 Å². The van der Waals surface area contributed by atoms with Crippen molar-refractivity contribution in [3.05, 3.63) is 90.0 Å². The van der Waals surface area contributed by atoms with Crippen LogP contribution >= 0.6 is 0 Å². The highest BCUT2D eigenvalue weighted by Gasteiger charge is 2.27. The number of anilines is 1. The Morgan fingerprint density at radius 3 is 2.47 bits per heavy atom. The number of hydrogen-bond acceptors (Lipinski definition) is 4. The fraction of sp³-hybridized carbons (Fsp3) is 0.154. The Labute approximate surface area is 195 Å². The van der Waals surface area contributed by atoms with Gasteiger partial charge < -0.3 is 10.2 Å². The molecule has 170 valence electrons. The second-order valence-electron chi connectivity index (χ2n) is 8.09.